The number of thiophene rings is 1. The van der Waals surface area contributed by atoms with E-state index in [4.69, 9.17) is 5.73 Å². The molecule has 137 valence electrons. The summed E-state index contributed by atoms with van der Waals surface area (Å²) in [4.78, 5) is 21.5. The van der Waals surface area contributed by atoms with Crippen molar-refractivity contribution >= 4 is 40.7 Å². The minimum Gasteiger partial charge on any atom is -0.366 e. The van der Waals surface area contributed by atoms with Crippen LogP contribution in [-0.2, 0) is 16.3 Å². The number of para-hydroxylation sites is 1. The lowest BCUT2D eigenvalue weighted by atomic mass is 9.98. The molecule has 4 rings (SSSR count). The summed E-state index contributed by atoms with van der Waals surface area (Å²) in [6.07, 6.45) is 0. The number of nitrogens with zero attached hydrogens (tertiary/aromatic N) is 2. The van der Waals surface area contributed by atoms with Crippen LogP contribution < -0.4 is 5.73 Å². The van der Waals surface area contributed by atoms with Crippen LogP contribution in [0.5, 0.6) is 0 Å². The number of H-pyrrole nitrogens is 1. The van der Waals surface area contributed by atoms with E-state index in [0.717, 1.165) is 25.9 Å². The van der Waals surface area contributed by atoms with Crippen molar-refractivity contribution < 1.29 is 10.0 Å². The molecule has 0 unspecified atom stereocenters. The highest BCUT2D eigenvalue weighted by Gasteiger charge is 2.51. The van der Waals surface area contributed by atoms with Gasteiger partial charge in [0.15, 0.2) is 0 Å². The number of nitrogens with two attached hydrogens (primary N) is 1. The number of hydrogen-bond donors (Lipinski definition) is 2. The maximum absolute atomic E-state index is 12.6. The number of fused-ring (bicyclic) bond motifs is 2. The van der Waals surface area contributed by atoms with E-state index in [1.807, 2.05) is 39.8 Å². The molecule has 2 aromatic heterocycles. The second-order valence-corrected chi connectivity index (χ2v) is 8.47. The van der Waals surface area contributed by atoms with Crippen LogP contribution >= 0.6 is 23.7 Å². The molecule has 3 heterocycles. The van der Waals surface area contributed by atoms with Crippen molar-refractivity contribution in [2.75, 3.05) is 0 Å². The van der Waals surface area contributed by atoms with Crippen LogP contribution in [0, 0.1) is 0 Å². The minimum absolute atomic E-state index is 0. The van der Waals surface area contributed by atoms with Gasteiger partial charge in [-0.1, -0.05) is 6.07 Å². The van der Waals surface area contributed by atoms with Crippen LogP contribution in [-0.4, -0.2) is 20.9 Å². The third kappa shape index (κ3) is 2.39. The Bertz CT molecular complexity index is 988. The highest BCUT2D eigenvalue weighted by atomic mass is 35.5. The van der Waals surface area contributed by atoms with E-state index in [9.17, 15) is 10.0 Å². The Kier molecular flexibility index (Phi) is 4.19. The normalized spacial score (nSPS) is 17.9. The van der Waals surface area contributed by atoms with Crippen LogP contribution in [0.1, 0.15) is 48.5 Å². The maximum atomic E-state index is 12.6. The number of aromatic amines is 1. The number of hydrogen-bond acceptors (Lipinski definition) is 4. The van der Waals surface area contributed by atoms with Gasteiger partial charge in [-0.05, 0) is 51.5 Å². The molecule has 0 spiro atoms. The highest BCUT2D eigenvalue weighted by Crippen LogP contribution is 2.53. The number of carbonyl (C=O) groups excluding carboxylic acids is 1. The number of nitrogens with one attached hydrogen (secondary N) is 1. The summed E-state index contributed by atoms with van der Waals surface area (Å²) in [5, 5.41) is 13.8. The fraction of sp³-hybridized carbons (Fsp3) is 0.333. The predicted molar refractivity (Wildman–Crippen MR) is 104 cm³/mol. The standard InChI is InChI=1S/C18H19N4O2S.ClH/c1-17(2)10-8-12(25-14(10)18(3,4)22(17)24)16-20-11-7-5-6-9(15(19)23)13(11)21-16;/h5-8H,1-4H3,(H2,19,23)(H,20,21);1H. The summed E-state index contributed by atoms with van der Waals surface area (Å²) in [5.74, 6) is 0.189. The number of aromatic nitrogens is 2. The third-order valence-electron chi connectivity index (χ3n) is 4.97. The van der Waals surface area contributed by atoms with Gasteiger partial charge >= 0.3 is 0 Å². The summed E-state index contributed by atoms with van der Waals surface area (Å²) in [5.41, 5.74) is 7.05. The molecule has 26 heavy (non-hydrogen) atoms. The van der Waals surface area contributed by atoms with Gasteiger partial charge in [-0.2, -0.15) is 0 Å². The molecule has 3 aromatic rings. The van der Waals surface area contributed by atoms with Crippen LogP contribution in [0.3, 0.4) is 0 Å². The summed E-state index contributed by atoms with van der Waals surface area (Å²) in [7, 11) is 0. The van der Waals surface area contributed by atoms with Crippen LogP contribution in [0.15, 0.2) is 24.3 Å². The van der Waals surface area contributed by atoms with E-state index in [-0.39, 0.29) is 12.4 Å². The average Bonchev–Trinajstić information content (AvgIpc) is 3.19. The molecule has 0 atom stereocenters. The monoisotopic (exact) mass is 391 g/mol. The predicted octanol–water partition coefficient (Wildman–Crippen LogP) is 3.94. The van der Waals surface area contributed by atoms with Crippen molar-refractivity contribution in [3.8, 4) is 10.7 Å². The first-order valence-electron chi connectivity index (χ1n) is 8.05. The first-order chi connectivity index (χ1) is 11.6. The van der Waals surface area contributed by atoms with Gasteiger partial charge < -0.3 is 10.7 Å². The SMILES string of the molecule is CC1(C)c2cc(-c3nc4c(C(N)=O)cccc4[nH]3)sc2C(C)(C)N1[O].Cl. The molecule has 0 bridgehead atoms. The first kappa shape index (κ1) is 18.8. The summed E-state index contributed by atoms with van der Waals surface area (Å²) in [6, 6.07) is 7.35. The van der Waals surface area contributed by atoms with Gasteiger partial charge in [-0.3, -0.25) is 4.79 Å². The van der Waals surface area contributed by atoms with Crippen molar-refractivity contribution in [1.82, 2.24) is 15.0 Å². The lowest BCUT2D eigenvalue weighted by Gasteiger charge is -2.32. The molecular formula is C18H20ClN4O2S. The van der Waals surface area contributed by atoms with Crippen molar-refractivity contribution in [1.29, 1.82) is 0 Å². The number of rotatable bonds is 2. The van der Waals surface area contributed by atoms with Gasteiger partial charge in [0.05, 0.1) is 27.0 Å². The van der Waals surface area contributed by atoms with E-state index >= 15 is 0 Å². The van der Waals surface area contributed by atoms with Crippen LogP contribution in [0.25, 0.3) is 21.7 Å². The zero-order chi connectivity index (χ0) is 18.1. The fourth-order valence-electron chi connectivity index (χ4n) is 3.66. The molecule has 6 nitrogen and oxygen atoms in total. The van der Waals surface area contributed by atoms with Crippen LogP contribution in [0.2, 0.25) is 0 Å². The van der Waals surface area contributed by atoms with Gasteiger partial charge in [0.2, 0.25) is 0 Å². The highest BCUT2D eigenvalue weighted by molar-refractivity contribution is 7.15. The number of primary amides is 1. The molecule has 1 aliphatic heterocycles. The minimum atomic E-state index is -0.585. The second-order valence-electron chi connectivity index (χ2n) is 7.42. The van der Waals surface area contributed by atoms with Crippen molar-refractivity contribution in [3.63, 3.8) is 0 Å². The Morgan fingerprint density at radius 2 is 1.92 bits per heavy atom. The molecule has 3 N–H and O–H groups in total. The van der Waals surface area contributed by atoms with Crippen molar-refractivity contribution in [3.05, 3.63) is 40.3 Å². The Balaban J connectivity index is 0.00000196. The Hall–Kier alpha value is -1.93. The molecule has 0 saturated heterocycles. The number of carbonyl (C=O) groups is 1. The Labute approximate surface area is 161 Å². The smallest absolute Gasteiger partial charge is 0.250 e. The topological polar surface area (TPSA) is 94.9 Å². The van der Waals surface area contributed by atoms with E-state index in [0.29, 0.717) is 16.9 Å². The van der Waals surface area contributed by atoms with Crippen molar-refractivity contribution in [2.45, 2.75) is 38.8 Å². The van der Waals surface area contributed by atoms with E-state index in [1.54, 1.807) is 23.5 Å². The van der Waals surface area contributed by atoms with Gasteiger partial charge in [0.25, 0.3) is 5.91 Å². The number of hydroxylamine groups is 2. The number of benzene rings is 1. The molecule has 1 aliphatic rings. The molecule has 1 radical (unpaired) electrons. The molecule has 1 amide bonds. The lowest BCUT2D eigenvalue weighted by Crippen LogP contribution is -2.41. The molecule has 0 saturated carbocycles. The van der Waals surface area contributed by atoms with Gasteiger partial charge in [-0.15, -0.1) is 34.0 Å². The lowest BCUT2D eigenvalue weighted by molar-refractivity contribution is -0.265. The maximum Gasteiger partial charge on any atom is 0.250 e. The fourth-order valence-corrected chi connectivity index (χ4v) is 5.01. The summed E-state index contributed by atoms with van der Waals surface area (Å²) >= 11 is 1.57. The number of halogens is 1. The zero-order valence-electron chi connectivity index (χ0n) is 14.9. The number of amides is 1. The Morgan fingerprint density at radius 1 is 1.23 bits per heavy atom. The zero-order valence-corrected chi connectivity index (χ0v) is 16.5. The second kappa shape index (κ2) is 5.79. The summed E-state index contributed by atoms with van der Waals surface area (Å²) in [6.45, 7) is 7.76. The molecule has 1 aromatic carbocycles. The molecular weight excluding hydrogens is 372 g/mol. The first-order valence-corrected chi connectivity index (χ1v) is 8.87. The van der Waals surface area contributed by atoms with E-state index in [1.165, 1.54) is 0 Å². The molecule has 0 aliphatic carbocycles. The van der Waals surface area contributed by atoms with Gasteiger partial charge in [0, 0.05) is 4.88 Å². The van der Waals surface area contributed by atoms with E-state index < -0.39 is 17.0 Å². The Morgan fingerprint density at radius 3 is 2.54 bits per heavy atom. The quantitative estimate of drug-likeness (QED) is 0.692. The van der Waals surface area contributed by atoms with Gasteiger partial charge in [0.1, 0.15) is 11.3 Å². The number of imidazole rings is 1. The van der Waals surface area contributed by atoms with E-state index in [2.05, 4.69) is 9.97 Å². The van der Waals surface area contributed by atoms with Crippen molar-refractivity contribution in [2.24, 2.45) is 5.73 Å². The molecule has 8 heteroatoms. The molecule has 0 fully saturated rings. The van der Waals surface area contributed by atoms with Crippen LogP contribution in [0.4, 0.5) is 0 Å². The third-order valence-corrected chi connectivity index (χ3v) is 6.43. The average molecular weight is 392 g/mol. The summed E-state index contributed by atoms with van der Waals surface area (Å²) < 4.78 is 0. The van der Waals surface area contributed by atoms with Gasteiger partial charge in [-0.25, -0.2) is 4.98 Å². The largest absolute Gasteiger partial charge is 0.366 e.